The first-order valence-electron chi connectivity index (χ1n) is 9.90. The Morgan fingerprint density at radius 3 is 2.72 bits per heavy atom. The van der Waals surface area contributed by atoms with Crippen LogP contribution in [-0.4, -0.2) is 66.8 Å². The highest BCUT2D eigenvalue weighted by atomic mass is 16.5. The number of rotatable bonds is 7. The molecule has 29 heavy (non-hydrogen) atoms. The third-order valence-corrected chi connectivity index (χ3v) is 5.61. The van der Waals surface area contributed by atoms with Crippen LogP contribution >= 0.6 is 0 Å². The first-order chi connectivity index (χ1) is 14.2. The molecule has 1 amide bonds. The van der Waals surface area contributed by atoms with Crippen LogP contribution in [0.5, 0.6) is 0 Å². The number of carbonyl (C=O) groups is 3. The zero-order chi connectivity index (χ0) is 20.2. The molecule has 2 aliphatic heterocycles. The molecule has 1 N–H and O–H groups in total. The number of carbonyl (C=O) groups excluding carboxylic acids is 3. The molecule has 8 heteroatoms. The fourth-order valence-corrected chi connectivity index (χ4v) is 4.13. The van der Waals surface area contributed by atoms with Crippen LogP contribution in [0, 0.1) is 5.92 Å². The van der Waals surface area contributed by atoms with Crippen molar-refractivity contribution in [2.45, 2.75) is 12.5 Å². The van der Waals surface area contributed by atoms with Crippen molar-refractivity contribution in [1.82, 2.24) is 9.88 Å². The highest BCUT2D eigenvalue weighted by Gasteiger charge is 2.52. The van der Waals surface area contributed by atoms with E-state index in [4.69, 9.17) is 9.15 Å². The van der Waals surface area contributed by atoms with E-state index in [-0.39, 0.29) is 5.76 Å². The predicted molar refractivity (Wildman–Crippen MR) is 101 cm³/mol. The number of hydrogen-bond donors (Lipinski definition) is 1. The van der Waals surface area contributed by atoms with Gasteiger partial charge in [0.1, 0.15) is 19.0 Å². The number of Topliss-reactive ketones (excluding diaryl/α,β-unsaturated/α-hetero) is 2. The number of aromatic nitrogens is 1. The fraction of sp³-hybridized carbons (Fsp3) is 0.429. The van der Waals surface area contributed by atoms with Crippen molar-refractivity contribution in [1.29, 1.82) is 0 Å². The molecular weight excluding hydrogens is 374 g/mol. The van der Waals surface area contributed by atoms with Crippen LogP contribution in [0.4, 0.5) is 0 Å². The third kappa shape index (κ3) is 3.99. The van der Waals surface area contributed by atoms with Gasteiger partial charge in [0.05, 0.1) is 32.1 Å². The number of furan rings is 1. The van der Waals surface area contributed by atoms with E-state index in [2.05, 4.69) is 4.98 Å². The van der Waals surface area contributed by atoms with Crippen LogP contribution in [0.3, 0.4) is 0 Å². The number of ketones is 2. The molecule has 0 aromatic carbocycles. The average molecular weight is 398 g/mol. The van der Waals surface area contributed by atoms with Gasteiger partial charge in [-0.25, -0.2) is 0 Å². The van der Waals surface area contributed by atoms with E-state index >= 15 is 0 Å². The topological polar surface area (TPSA) is 94.1 Å². The van der Waals surface area contributed by atoms with Crippen LogP contribution in [0.1, 0.15) is 28.6 Å². The summed E-state index contributed by atoms with van der Waals surface area (Å²) in [6.07, 6.45) is 5.36. The summed E-state index contributed by atoms with van der Waals surface area (Å²) in [5.41, 5.74) is 0.676. The zero-order valence-electron chi connectivity index (χ0n) is 16.1. The molecule has 2 atom stereocenters. The molecule has 2 aromatic heterocycles. The van der Waals surface area contributed by atoms with Gasteiger partial charge in [0, 0.05) is 25.4 Å². The predicted octanol–water partition coefficient (Wildman–Crippen LogP) is -0.0687. The molecule has 2 fully saturated rings. The highest BCUT2D eigenvalue weighted by molar-refractivity contribution is 6.43. The summed E-state index contributed by atoms with van der Waals surface area (Å²) in [5, 5.41) is 0. The van der Waals surface area contributed by atoms with E-state index in [1.54, 1.807) is 30.6 Å². The van der Waals surface area contributed by atoms with Gasteiger partial charge >= 0.3 is 0 Å². The number of quaternary nitrogens is 1. The number of amides is 1. The number of likely N-dealkylation sites (tertiary alicyclic amines) is 1. The minimum Gasteiger partial charge on any atom is -0.461 e. The van der Waals surface area contributed by atoms with Crippen molar-refractivity contribution in [2.24, 2.45) is 5.92 Å². The van der Waals surface area contributed by atoms with E-state index in [0.29, 0.717) is 12.1 Å². The molecule has 0 spiro atoms. The molecule has 4 rings (SSSR count). The summed E-state index contributed by atoms with van der Waals surface area (Å²) in [6.45, 7) is 4.67. The molecule has 152 valence electrons. The van der Waals surface area contributed by atoms with Gasteiger partial charge in [-0.15, -0.1) is 0 Å². The van der Waals surface area contributed by atoms with Crippen LogP contribution in [-0.2, 0) is 14.3 Å². The second-order valence-corrected chi connectivity index (χ2v) is 7.38. The van der Waals surface area contributed by atoms with Crippen LogP contribution in [0.25, 0.3) is 0 Å². The maximum absolute atomic E-state index is 13.0. The number of pyridine rings is 1. The van der Waals surface area contributed by atoms with Crippen LogP contribution < -0.4 is 4.90 Å². The van der Waals surface area contributed by atoms with Crippen molar-refractivity contribution >= 4 is 17.5 Å². The Labute approximate surface area is 168 Å². The molecule has 8 nitrogen and oxygen atoms in total. The molecule has 0 bridgehead atoms. The highest BCUT2D eigenvalue weighted by Crippen LogP contribution is 2.37. The van der Waals surface area contributed by atoms with Gasteiger partial charge in [0.15, 0.2) is 5.76 Å². The maximum atomic E-state index is 13.0. The van der Waals surface area contributed by atoms with Gasteiger partial charge in [-0.3, -0.25) is 19.4 Å². The van der Waals surface area contributed by atoms with Crippen molar-refractivity contribution in [3.8, 4) is 0 Å². The first-order valence-corrected chi connectivity index (χ1v) is 9.90. The Balaban J connectivity index is 1.56. The molecule has 2 aromatic rings. The van der Waals surface area contributed by atoms with E-state index in [1.807, 2.05) is 0 Å². The second kappa shape index (κ2) is 8.67. The van der Waals surface area contributed by atoms with Crippen LogP contribution in [0.2, 0.25) is 0 Å². The average Bonchev–Trinajstić information content (AvgIpc) is 3.38. The standard InChI is InChI=1S/C21H23N3O5/c25-19(16-5-2-11-29-16)17-18(15-4-1-6-22-14-15)24(21(27)20(17)26)8-3-7-23-9-12-28-13-10-23/h1-2,4-6,11,14,17-18H,3,7-10,12-13H2/p+1. The Morgan fingerprint density at radius 1 is 1.21 bits per heavy atom. The number of morpholine rings is 1. The quantitative estimate of drug-likeness (QED) is 0.399. The summed E-state index contributed by atoms with van der Waals surface area (Å²) in [5.74, 6) is -2.79. The third-order valence-electron chi connectivity index (χ3n) is 5.61. The van der Waals surface area contributed by atoms with Crippen LogP contribution in [0.15, 0.2) is 47.3 Å². The number of hydrogen-bond acceptors (Lipinski definition) is 6. The van der Waals surface area contributed by atoms with Gasteiger partial charge in [-0.05, 0) is 23.8 Å². The van der Waals surface area contributed by atoms with Crippen molar-refractivity contribution < 1.29 is 28.4 Å². The molecule has 2 unspecified atom stereocenters. The molecule has 0 aliphatic carbocycles. The summed E-state index contributed by atoms with van der Waals surface area (Å²) in [4.78, 5) is 45.7. The fourth-order valence-electron chi connectivity index (χ4n) is 4.13. The summed E-state index contributed by atoms with van der Waals surface area (Å²) >= 11 is 0. The Morgan fingerprint density at radius 2 is 2.03 bits per heavy atom. The number of nitrogens with zero attached hydrogens (tertiary/aromatic N) is 2. The SMILES string of the molecule is O=C1C(=O)N(CCC[NH+]2CCOCC2)C(c2cccnc2)C1C(=O)c1ccco1. The lowest BCUT2D eigenvalue weighted by Gasteiger charge is -2.28. The molecule has 0 radical (unpaired) electrons. The zero-order valence-corrected chi connectivity index (χ0v) is 16.1. The summed E-state index contributed by atoms with van der Waals surface area (Å²) < 4.78 is 10.6. The van der Waals surface area contributed by atoms with Gasteiger partial charge in [-0.1, -0.05) is 6.07 Å². The Hall–Kier alpha value is -2.84. The van der Waals surface area contributed by atoms with Crippen molar-refractivity contribution in [2.75, 3.05) is 39.4 Å². The van der Waals surface area contributed by atoms with E-state index < -0.39 is 29.4 Å². The molecular formula is C21H24N3O5+. The van der Waals surface area contributed by atoms with E-state index in [1.165, 1.54) is 22.1 Å². The molecule has 0 saturated carbocycles. The van der Waals surface area contributed by atoms with Gasteiger partial charge in [0.2, 0.25) is 11.6 Å². The lowest BCUT2D eigenvalue weighted by Crippen LogP contribution is -3.14. The Kier molecular flexibility index (Phi) is 5.82. The minimum atomic E-state index is -1.12. The van der Waals surface area contributed by atoms with Crippen molar-refractivity contribution in [3.05, 3.63) is 54.2 Å². The number of nitrogens with one attached hydrogen (secondary N) is 1. The normalized spacial score (nSPS) is 23.0. The van der Waals surface area contributed by atoms with Gasteiger partial charge < -0.3 is 19.0 Å². The second-order valence-electron chi connectivity index (χ2n) is 7.38. The van der Waals surface area contributed by atoms with E-state index in [9.17, 15) is 14.4 Å². The lowest BCUT2D eigenvalue weighted by molar-refractivity contribution is -0.908. The number of ether oxygens (including phenoxy) is 1. The minimum absolute atomic E-state index is 0.0876. The van der Waals surface area contributed by atoms with E-state index in [0.717, 1.165) is 39.3 Å². The first kappa shape index (κ1) is 19.5. The summed E-state index contributed by atoms with van der Waals surface area (Å²) in [7, 11) is 0. The largest absolute Gasteiger partial charge is 0.461 e. The maximum Gasteiger partial charge on any atom is 0.291 e. The van der Waals surface area contributed by atoms with Gasteiger partial charge in [0.25, 0.3) is 5.91 Å². The monoisotopic (exact) mass is 398 g/mol. The molecule has 2 aliphatic rings. The lowest BCUT2D eigenvalue weighted by atomic mass is 9.89. The summed E-state index contributed by atoms with van der Waals surface area (Å²) in [6, 6.07) is 5.99. The molecule has 4 heterocycles. The van der Waals surface area contributed by atoms with Crippen molar-refractivity contribution in [3.63, 3.8) is 0 Å². The molecule has 2 saturated heterocycles. The smallest absolute Gasteiger partial charge is 0.291 e. The van der Waals surface area contributed by atoms with Gasteiger partial charge in [-0.2, -0.15) is 0 Å². The Bertz CT molecular complexity index is 862.